The van der Waals surface area contributed by atoms with Crippen molar-refractivity contribution in [3.8, 4) is 0 Å². The molecule has 1 aliphatic carbocycles. The van der Waals surface area contributed by atoms with Gasteiger partial charge in [0.05, 0.1) is 0 Å². The van der Waals surface area contributed by atoms with Crippen LogP contribution in [0.25, 0.3) is 0 Å². The molecule has 19 heavy (non-hydrogen) atoms. The summed E-state index contributed by atoms with van der Waals surface area (Å²) >= 11 is 0. The van der Waals surface area contributed by atoms with E-state index in [2.05, 4.69) is 11.6 Å². The Bertz CT molecular complexity index is 377. The number of piperidine rings is 1. The Morgan fingerprint density at radius 1 is 1.21 bits per heavy atom. The van der Waals surface area contributed by atoms with Crippen LogP contribution in [0.3, 0.4) is 0 Å². The van der Waals surface area contributed by atoms with Gasteiger partial charge in [-0.1, -0.05) is 19.8 Å². The standard InChI is InChI=1S/C13H26N2O3S/c1-11-3-2-4-13(9-11)14-19(17,18)15-7-5-12(10-16)6-8-15/h11-14,16H,2-10H2,1H3. The van der Waals surface area contributed by atoms with E-state index in [1.165, 1.54) is 6.42 Å². The second kappa shape index (κ2) is 6.52. The third kappa shape index (κ3) is 4.15. The number of hydrogen-bond acceptors (Lipinski definition) is 3. The number of rotatable bonds is 4. The predicted octanol–water partition coefficient (Wildman–Crippen LogP) is 1.10. The van der Waals surface area contributed by atoms with Gasteiger partial charge in [0.15, 0.2) is 0 Å². The Hall–Kier alpha value is -0.170. The maximum Gasteiger partial charge on any atom is 0.279 e. The third-order valence-corrected chi connectivity index (χ3v) is 6.10. The van der Waals surface area contributed by atoms with Crippen molar-refractivity contribution in [1.82, 2.24) is 9.03 Å². The summed E-state index contributed by atoms with van der Waals surface area (Å²) in [5, 5.41) is 9.09. The molecule has 2 fully saturated rings. The van der Waals surface area contributed by atoms with Crippen LogP contribution in [0.2, 0.25) is 0 Å². The van der Waals surface area contributed by atoms with Gasteiger partial charge in [-0.3, -0.25) is 0 Å². The lowest BCUT2D eigenvalue weighted by Crippen LogP contribution is -2.49. The van der Waals surface area contributed by atoms with Crippen molar-refractivity contribution in [2.24, 2.45) is 11.8 Å². The quantitative estimate of drug-likeness (QED) is 0.814. The molecular formula is C13H26N2O3S. The topological polar surface area (TPSA) is 69.6 Å². The predicted molar refractivity (Wildman–Crippen MR) is 74.9 cm³/mol. The number of nitrogens with zero attached hydrogens (tertiary/aromatic N) is 1. The fraction of sp³-hybridized carbons (Fsp3) is 1.00. The summed E-state index contributed by atoms with van der Waals surface area (Å²) in [7, 11) is -3.34. The fourth-order valence-electron chi connectivity index (χ4n) is 3.16. The van der Waals surface area contributed by atoms with E-state index in [9.17, 15) is 8.42 Å². The first-order valence-corrected chi connectivity index (χ1v) is 8.83. The molecule has 0 amide bonds. The maximum atomic E-state index is 12.3. The Kier molecular flexibility index (Phi) is 5.22. The van der Waals surface area contributed by atoms with Crippen molar-refractivity contribution in [3.05, 3.63) is 0 Å². The molecule has 0 radical (unpaired) electrons. The summed E-state index contributed by atoms with van der Waals surface area (Å²) in [6, 6.07) is 0.101. The number of aliphatic hydroxyl groups is 1. The molecule has 1 saturated heterocycles. The summed E-state index contributed by atoms with van der Waals surface area (Å²) in [5.74, 6) is 0.878. The summed E-state index contributed by atoms with van der Waals surface area (Å²) in [4.78, 5) is 0. The van der Waals surface area contributed by atoms with Crippen LogP contribution in [0.15, 0.2) is 0 Å². The van der Waals surface area contributed by atoms with Crippen molar-refractivity contribution in [3.63, 3.8) is 0 Å². The highest BCUT2D eigenvalue weighted by Gasteiger charge is 2.30. The van der Waals surface area contributed by atoms with Crippen LogP contribution in [-0.4, -0.2) is 43.6 Å². The van der Waals surface area contributed by atoms with E-state index in [1.54, 1.807) is 4.31 Å². The largest absolute Gasteiger partial charge is 0.396 e. The first-order valence-electron chi connectivity index (χ1n) is 7.39. The van der Waals surface area contributed by atoms with E-state index < -0.39 is 10.2 Å². The average molecular weight is 290 g/mol. The third-order valence-electron chi connectivity index (χ3n) is 4.42. The van der Waals surface area contributed by atoms with Crippen LogP contribution in [0, 0.1) is 11.8 Å². The Balaban J connectivity index is 1.88. The molecule has 0 bridgehead atoms. The minimum Gasteiger partial charge on any atom is -0.396 e. The van der Waals surface area contributed by atoms with Gasteiger partial charge < -0.3 is 5.11 Å². The van der Waals surface area contributed by atoms with Gasteiger partial charge in [0.1, 0.15) is 0 Å². The normalized spacial score (nSPS) is 31.5. The zero-order chi connectivity index (χ0) is 13.9. The molecule has 1 saturated carbocycles. The molecule has 1 heterocycles. The number of hydrogen-bond donors (Lipinski definition) is 2. The first kappa shape index (κ1) is 15.2. The van der Waals surface area contributed by atoms with Crippen molar-refractivity contribution < 1.29 is 13.5 Å². The number of nitrogens with one attached hydrogen (secondary N) is 1. The van der Waals surface area contributed by atoms with Crippen molar-refractivity contribution >= 4 is 10.2 Å². The van der Waals surface area contributed by atoms with E-state index in [-0.39, 0.29) is 18.6 Å². The fourth-order valence-corrected chi connectivity index (χ4v) is 4.63. The molecule has 0 aromatic heterocycles. The van der Waals surface area contributed by atoms with E-state index >= 15 is 0 Å². The highest BCUT2D eigenvalue weighted by molar-refractivity contribution is 7.87. The van der Waals surface area contributed by atoms with Gasteiger partial charge in [-0.05, 0) is 37.5 Å². The van der Waals surface area contributed by atoms with Crippen LogP contribution in [-0.2, 0) is 10.2 Å². The van der Waals surface area contributed by atoms with Crippen molar-refractivity contribution in [2.75, 3.05) is 19.7 Å². The molecule has 112 valence electrons. The van der Waals surface area contributed by atoms with Crippen LogP contribution in [0.5, 0.6) is 0 Å². The summed E-state index contributed by atoms with van der Waals surface area (Å²) < 4.78 is 29.0. The highest BCUT2D eigenvalue weighted by Crippen LogP contribution is 2.25. The van der Waals surface area contributed by atoms with Crippen LogP contribution >= 0.6 is 0 Å². The monoisotopic (exact) mass is 290 g/mol. The minimum absolute atomic E-state index is 0.101. The summed E-state index contributed by atoms with van der Waals surface area (Å²) in [6.45, 7) is 3.42. The molecule has 0 spiro atoms. The van der Waals surface area contributed by atoms with Crippen LogP contribution in [0.4, 0.5) is 0 Å². The molecule has 2 aliphatic rings. The molecular weight excluding hydrogens is 264 g/mol. The zero-order valence-corrected chi connectivity index (χ0v) is 12.5. The van der Waals surface area contributed by atoms with Gasteiger partial charge in [0, 0.05) is 25.7 Å². The highest BCUT2D eigenvalue weighted by atomic mass is 32.2. The summed E-state index contributed by atoms with van der Waals surface area (Å²) in [5.41, 5.74) is 0. The van der Waals surface area contributed by atoms with E-state index in [0.717, 1.165) is 32.1 Å². The molecule has 5 nitrogen and oxygen atoms in total. The van der Waals surface area contributed by atoms with Gasteiger partial charge in [0.25, 0.3) is 10.2 Å². The molecule has 2 unspecified atom stereocenters. The van der Waals surface area contributed by atoms with Crippen molar-refractivity contribution in [2.45, 2.75) is 51.5 Å². The Morgan fingerprint density at radius 2 is 1.89 bits per heavy atom. The van der Waals surface area contributed by atoms with Gasteiger partial charge in [-0.15, -0.1) is 0 Å². The van der Waals surface area contributed by atoms with E-state index in [0.29, 0.717) is 19.0 Å². The minimum atomic E-state index is -3.34. The van der Waals surface area contributed by atoms with Crippen molar-refractivity contribution in [1.29, 1.82) is 0 Å². The Morgan fingerprint density at radius 3 is 2.47 bits per heavy atom. The molecule has 0 aromatic rings. The van der Waals surface area contributed by atoms with Gasteiger partial charge in [0.2, 0.25) is 0 Å². The summed E-state index contributed by atoms with van der Waals surface area (Å²) in [6.07, 6.45) is 5.75. The molecule has 1 aliphatic heterocycles. The molecule has 0 aromatic carbocycles. The molecule has 2 atom stereocenters. The smallest absolute Gasteiger partial charge is 0.279 e. The lowest BCUT2D eigenvalue weighted by Gasteiger charge is -2.33. The van der Waals surface area contributed by atoms with Gasteiger partial charge >= 0.3 is 0 Å². The second-order valence-electron chi connectivity index (χ2n) is 6.12. The second-order valence-corrected chi connectivity index (χ2v) is 7.82. The first-order chi connectivity index (χ1) is 9.01. The Labute approximate surface area is 116 Å². The number of aliphatic hydroxyl groups excluding tert-OH is 1. The van der Waals surface area contributed by atoms with Gasteiger partial charge in [-0.25, -0.2) is 0 Å². The SMILES string of the molecule is CC1CCCC(NS(=O)(=O)N2CCC(CO)CC2)C1. The van der Waals surface area contributed by atoms with E-state index in [4.69, 9.17) is 5.11 Å². The van der Waals surface area contributed by atoms with E-state index in [1.807, 2.05) is 0 Å². The molecule has 6 heteroatoms. The zero-order valence-electron chi connectivity index (χ0n) is 11.7. The molecule has 2 rings (SSSR count). The lowest BCUT2D eigenvalue weighted by atomic mass is 9.88. The molecule has 2 N–H and O–H groups in total. The average Bonchev–Trinajstić information content (AvgIpc) is 2.38. The van der Waals surface area contributed by atoms with Crippen LogP contribution in [0.1, 0.15) is 45.4 Å². The maximum absolute atomic E-state index is 12.3. The van der Waals surface area contributed by atoms with Crippen LogP contribution < -0.4 is 4.72 Å². The lowest BCUT2D eigenvalue weighted by molar-refractivity contribution is 0.169. The van der Waals surface area contributed by atoms with Gasteiger partial charge in [-0.2, -0.15) is 17.4 Å².